The molecule has 0 saturated carbocycles. The first kappa shape index (κ1) is 26.3. The van der Waals surface area contributed by atoms with Gasteiger partial charge in [-0.3, -0.25) is 9.36 Å². The summed E-state index contributed by atoms with van der Waals surface area (Å²) in [5.74, 6) is 1.39. The molecule has 0 aliphatic carbocycles. The molecule has 2 aromatic carbocycles. The normalized spacial score (nSPS) is 12.3. The van der Waals surface area contributed by atoms with Crippen LogP contribution in [0.2, 0.25) is 5.02 Å². The molecule has 9 heteroatoms. The smallest absolute Gasteiger partial charge is 0.234 e. The van der Waals surface area contributed by atoms with Crippen LogP contribution in [-0.4, -0.2) is 26.4 Å². The van der Waals surface area contributed by atoms with Crippen molar-refractivity contribution in [3.63, 3.8) is 0 Å². The van der Waals surface area contributed by atoms with Crippen molar-refractivity contribution in [2.75, 3.05) is 11.1 Å². The third kappa shape index (κ3) is 6.87. The van der Waals surface area contributed by atoms with Gasteiger partial charge >= 0.3 is 0 Å². The number of hydrogen-bond donors (Lipinski definition) is 1. The highest BCUT2D eigenvalue weighted by atomic mass is 79.9. The second kappa shape index (κ2) is 11.4. The quantitative estimate of drug-likeness (QED) is 0.223. The maximum Gasteiger partial charge on any atom is 0.234 e. The van der Waals surface area contributed by atoms with E-state index in [9.17, 15) is 4.79 Å². The van der Waals surface area contributed by atoms with Crippen LogP contribution in [0, 0.1) is 0 Å². The zero-order chi connectivity index (χ0) is 24.9. The Morgan fingerprint density at radius 3 is 2.59 bits per heavy atom. The van der Waals surface area contributed by atoms with Gasteiger partial charge in [0.1, 0.15) is 5.75 Å². The summed E-state index contributed by atoms with van der Waals surface area (Å²) >= 11 is 10.8. The van der Waals surface area contributed by atoms with E-state index < -0.39 is 0 Å². The fourth-order valence-electron chi connectivity index (χ4n) is 3.21. The number of aromatic nitrogens is 3. The largest absolute Gasteiger partial charge is 0.483 e. The second-order valence-corrected chi connectivity index (χ2v) is 11.0. The van der Waals surface area contributed by atoms with Crippen molar-refractivity contribution < 1.29 is 9.53 Å². The molecule has 34 heavy (non-hydrogen) atoms. The number of halogens is 2. The van der Waals surface area contributed by atoms with Crippen LogP contribution in [0.3, 0.4) is 0 Å². The number of hydrogen-bond acceptors (Lipinski definition) is 5. The van der Waals surface area contributed by atoms with E-state index in [1.807, 2.05) is 29.7 Å². The lowest BCUT2D eigenvalue weighted by Gasteiger charge is -2.20. The zero-order valence-corrected chi connectivity index (χ0v) is 22.8. The molecule has 1 amide bonds. The first-order valence-electron chi connectivity index (χ1n) is 10.8. The summed E-state index contributed by atoms with van der Waals surface area (Å²) in [6.07, 6.45) is 1.43. The van der Waals surface area contributed by atoms with E-state index in [4.69, 9.17) is 16.3 Å². The molecule has 3 rings (SSSR count). The molecular formula is C25H28BrClN4O2S. The number of allylic oxidation sites excluding steroid dienone is 1. The molecule has 1 unspecified atom stereocenters. The molecule has 1 N–H and O–H groups in total. The highest BCUT2D eigenvalue weighted by molar-refractivity contribution is 9.10. The van der Waals surface area contributed by atoms with Gasteiger partial charge in [0, 0.05) is 11.0 Å². The Labute approximate surface area is 218 Å². The van der Waals surface area contributed by atoms with Gasteiger partial charge < -0.3 is 10.1 Å². The van der Waals surface area contributed by atoms with Gasteiger partial charge in [0.05, 0.1) is 16.5 Å². The summed E-state index contributed by atoms with van der Waals surface area (Å²) < 4.78 is 8.88. The summed E-state index contributed by atoms with van der Waals surface area (Å²) in [5, 5.41) is 12.5. The fourth-order valence-corrected chi connectivity index (χ4v) is 4.68. The molecule has 1 atom stereocenters. The first-order valence-corrected chi connectivity index (χ1v) is 12.9. The maximum absolute atomic E-state index is 12.5. The van der Waals surface area contributed by atoms with E-state index in [0.717, 1.165) is 10.2 Å². The Kier molecular flexibility index (Phi) is 8.84. The lowest BCUT2D eigenvalue weighted by atomic mass is 9.87. The Balaban J connectivity index is 1.67. The van der Waals surface area contributed by atoms with Crippen molar-refractivity contribution in [1.82, 2.24) is 14.8 Å². The van der Waals surface area contributed by atoms with Crippen LogP contribution in [0.5, 0.6) is 5.75 Å². The van der Waals surface area contributed by atoms with Gasteiger partial charge in [-0.2, -0.15) is 0 Å². The number of benzene rings is 2. The summed E-state index contributed by atoms with van der Waals surface area (Å²) in [6.45, 7) is 12.8. The van der Waals surface area contributed by atoms with Crippen molar-refractivity contribution in [3.8, 4) is 5.75 Å². The molecule has 0 fully saturated rings. The number of anilines is 1. The van der Waals surface area contributed by atoms with Crippen LogP contribution in [0.25, 0.3) is 0 Å². The third-order valence-corrected chi connectivity index (χ3v) is 6.76. The van der Waals surface area contributed by atoms with Crippen LogP contribution < -0.4 is 10.1 Å². The number of rotatable bonds is 9. The predicted molar refractivity (Wildman–Crippen MR) is 143 cm³/mol. The van der Waals surface area contributed by atoms with Gasteiger partial charge in [0.2, 0.25) is 5.91 Å². The second-order valence-electron chi connectivity index (χ2n) is 8.74. The minimum absolute atomic E-state index is 0.0788. The van der Waals surface area contributed by atoms with Crippen LogP contribution in [-0.2, 0) is 16.8 Å². The van der Waals surface area contributed by atoms with Crippen LogP contribution in [0.15, 0.2) is 64.7 Å². The molecule has 3 aromatic rings. The third-order valence-electron chi connectivity index (χ3n) is 4.99. The summed E-state index contributed by atoms with van der Waals surface area (Å²) in [7, 11) is 0. The molecule has 0 bridgehead atoms. The molecule has 1 aromatic heterocycles. The van der Waals surface area contributed by atoms with Crippen LogP contribution in [0.4, 0.5) is 5.69 Å². The van der Waals surface area contributed by atoms with Gasteiger partial charge in [-0.25, -0.2) is 0 Å². The number of ether oxygens (including phenoxy) is 1. The van der Waals surface area contributed by atoms with Crippen LogP contribution in [0.1, 0.15) is 45.2 Å². The lowest BCUT2D eigenvalue weighted by molar-refractivity contribution is -0.113. The molecule has 6 nitrogen and oxygen atoms in total. The molecule has 180 valence electrons. The number of thioether (sulfide) groups is 1. The number of carbonyl (C=O) groups excluding carboxylic acids is 1. The Morgan fingerprint density at radius 2 is 1.97 bits per heavy atom. The van der Waals surface area contributed by atoms with Crippen molar-refractivity contribution >= 4 is 50.9 Å². The van der Waals surface area contributed by atoms with Gasteiger partial charge in [-0.05, 0) is 48.2 Å². The Hall–Kier alpha value is -2.29. The van der Waals surface area contributed by atoms with Crippen molar-refractivity contribution in [2.24, 2.45) is 0 Å². The van der Waals surface area contributed by atoms with E-state index in [1.54, 1.807) is 18.2 Å². The minimum Gasteiger partial charge on any atom is -0.483 e. The molecule has 0 saturated heterocycles. The fraction of sp³-hybridized carbons (Fsp3) is 0.320. The van der Waals surface area contributed by atoms with E-state index in [-0.39, 0.29) is 23.2 Å². The predicted octanol–water partition coefficient (Wildman–Crippen LogP) is 7.05. The molecule has 0 aliphatic heterocycles. The van der Waals surface area contributed by atoms with Gasteiger partial charge in [0.15, 0.2) is 17.1 Å². The highest BCUT2D eigenvalue weighted by Gasteiger charge is 2.20. The number of amides is 1. The molecule has 0 radical (unpaired) electrons. The van der Waals surface area contributed by atoms with Crippen molar-refractivity contribution in [1.29, 1.82) is 0 Å². The van der Waals surface area contributed by atoms with Gasteiger partial charge in [0.25, 0.3) is 0 Å². The number of nitrogens with one attached hydrogen (secondary N) is 1. The van der Waals surface area contributed by atoms with Crippen molar-refractivity contribution in [2.45, 2.75) is 50.9 Å². The SMILES string of the molecule is C=CCn1c(SCC(=O)Nc2ccc(Br)cc2Cl)nnc1C(C)Oc1ccc(C(C)(C)C)cc1. The lowest BCUT2D eigenvalue weighted by Crippen LogP contribution is -2.16. The summed E-state index contributed by atoms with van der Waals surface area (Å²) in [6, 6.07) is 13.4. The Morgan fingerprint density at radius 1 is 1.26 bits per heavy atom. The average molecular weight is 564 g/mol. The highest BCUT2D eigenvalue weighted by Crippen LogP contribution is 2.29. The van der Waals surface area contributed by atoms with E-state index in [2.05, 4.69) is 70.9 Å². The molecular weight excluding hydrogens is 536 g/mol. The first-order chi connectivity index (χ1) is 16.1. The molecule has 0 spiro atoms. The standard InChI is InChI=1S/C25H28BrClN4O2S/c1-6-13-31-23(16(2)33-19-10-7-17(8-11-19)25(3,4)5)29-30-24(31)34-15-22(32)28-21-12-9-18(26)14-20(21)27/h6-12,14,16H,1,13,15H2,2-5H3,(H,28,32). The summed E-state index contributed by atoms with van der Waals surface area (Å²) in [4.78, 5) is 12.5. The topological polar surface area (TPSA) is 69.0 Å². The van der Waals surface area contributed by atoms with E-state index in [1.165, 1.54) is 17.3 Å². The van der Waals surface area contributed by atoms with Crippen molar-refractivity contribution in [3.05, 3.63) is 76.0 Å². The van der Waals surface area contributed by atoms with Gasteiger partial charge in [-0.1, -0.05) is 78.3 Å². The average Bonchev–Trinajstić information content (AvgIpc) is 3.17. The molecule has 0 aliphatic rings. The van der Waals surface area contributed by atoms with E-state index in [0.29, 0.717) is 28.2 Å². The summed E-state index contributed by atoms with van der Waals surface area (Å²) in [5.41, 5.74) is 1.88. The monoisotopic (exact) mass is 562 g/mol. The van der Waals surface area contributed by atoms with Crippen LogP contribution >= 0.6 is 39.3 Å². The number of nitrogens with zero attached hydrogens (tertiary/aromatic N) is 3. The van der Waals surface area contributed by atoms with Gasteiger partial charge in [-0.15, -0.1) is 16.8 Å². The maximum atomic E-state index is 12.5. The number of carbonyl (C=O) groups is 1. The molecule has 1 heterocycles. The Bertz CT molecular complexity index is 1160. The minimum atomic E-state index is -0.335. The van der Waals surface area contributed by atoms with E-state index >= 15 is 0 Å². The zero-order valence-electron chi connectivity index (χ0n) is 19.6.